The number of rotatable bonds is 2. The highest BCUT2D eigenvalue weighted by molar-refractivity contribution is 5.68. The topological polar surface area (TPSA) is 41.6 Å². The van der Waals surface area contributed by atoms with Gasteiger partial charge in [-0.25, -0.2) is 4.79 Å². The van der Waals surface area contributed by atoms with Crippen LogP contribution in [0.2, 0.25) is 0 Å². The van der Waals surface area contributed by atoms with Gasteiger partial charge in [-0.1, -0.05) is 13.8 Å². The molecule has 2 atom stereocenters. The predicted molar refractivity (Wildman–Crippen MR) is 69.1 cm³/mol. The van der Waals surface area contributed by atoms with Crippen LogP contribution >= 0.6 is 0 Å². The molecule has 1 rings (SSSR count). The van der Waals surface area contributed by atoms with Crippen LogP contribution in [0.5, 0.6) is 0 Å². The van der Waals surface area contributed by atoms with Crippen LogP contribution in [0.15, 0.2) is 0 Å². The zero-order valence-electron chi connectivity index (χ0n) is 11.7. The number of hydrogen-bond acceptors (Lipinski definition) is 3. The van der Waals surface area contributed by atoms with E-state index in [0.717, 1.165) is 26.1 Å². The summed E-state index contributed by atoms with van der Waals surface area (Å²) < 4.78 is 5.28. The molecule has 0 radical (unpaired) electrons. The number of likely N-dealkylation sites (tertiary alicyclic amines) is 1. The van der Waals surface area contributed by atoms with Crippen molar-refractivity contribution in [1.82, 2.24) is 10.2 Å². The lowest BCUT2D eigenvalue weighted by Gasteiger charge is -2.36. The minimum atomic E-state index is -0.422. The Morgan fingerprint density at radius 1 is 1.41 bits per heavy atom. The molecule has 0 saturated carbocycles. The van der Waals surface area contributed by atoms with Gasteiger partial charge in [-0.2, -0.15) is 0 Å². The van der Waals surface area contributed by atoms with E-state index in [1.165, 1.54) is 0 Å². The molecule has 1 heterocycles. The lowest BCUT2D eigenvalue weighted by atomic mass is 9.96. The van der Waals surface area contributed by atoms with Gasteiger partial charge in [-0.3, -0.25) is 0 Å². The Bertz CT molecular complexity index is 261. The maximum atomic E-state index is 11.7. The van der Waals surface area contributed by atoms with E-state index in [4.69, 9.17) is 4.74 Å². The van der Waals surface area contributed by atoms with E-state index in [9.17, 15) is 4.79 Å². The lowest BCUT2D eigenvalue weighted by Crippen LogP contribution is -2.51. The fourth-order valence-electron chi connectivity index (χ4n) is 2.30. The molecule has 1 amide bonds. The molecule has 17 heavy (non-hydrogen) atoms. The summed E-state index contributed by atoms with van der Waals surface area (Å²) in [7, 11) is 0. The molecule has 4 nitrogen and oxygen atoms in total. The van der Waals surface area contributed by atoms with Crippen molar-refractivity contribution in [2.24, 2.45) is 5.92 Å². The molecule has 2 unspecified atom stereocenters. The molecule has 0 spiro atoms. The maximum absolute atomic E-state index is 11.7. The third kappa shape index (κ3) is 5.39. The summed E-state index contributed by atoms with van der Waals surface area (Å²) >= 11 is 0. The summed E-state index contributed by atoms with van der Waals surface area (Å²) in [6, 6.07) is 0.216. The van der Waals surface area contributed by atoms with Crippen molar-refractivity contribution in [3.8, 4) is 0 Å². The average Bonchev–Trinajstić information content (AvgIpc) is 2.13. The molecule has 1 aliphatic rings. The van der Waals surface area contributed by atoms with Crippen molar-refractivity contribution in [2.75, 3.05) is 19.6 Å². The summed E-state index contributed by atoms with van der Waals surface area (Å²) in [5, 5.41) is 2.97. The Kier molecular flexibility index (Phi) is 4.80. The van der Waals surface area contributed by atoms with Crippen LogP contribution in [0.25, 0.3) is 0 Å². The average molecular weight is 242 g/mol. The van der Waals surface area contributed by atoms with E-state index < -0.39 is 5.60 Å². The quantitative estimate of drug-likeness (QED) is 0.807. The SMILES string of the molecule is CCN1CC(C)CC(NC(=O)OC(C)(C)C)C1. The minimum Gasteiger partial charge on any atom is -0.444 e. The highest BCUT2D eigenvalue weighted by atomic mass is 16.6. The van der Waals surface area contributed by atoms with Crippen LogP contribution in [0.1, 0.15) is 41.0 Å². The summed E-state index contributed by atoms with van der Waals surface area (Å²) in [4.78, 5) is 14.0. The maximum Gasteiger partial charge on any atom is 0.407 e. The van der Waals surface area contributed by atoms with Crippen molar-refractivity contribution in [2.45, 2.75) is 52.7 Å². The van der Waals surface area contributed by atoms with Gasteiger partial charge >= 0.3 is 6.09 Å². The van der Waals surface area contributed by atoms with Crippen LogP contribution in [0.3, 0.4) is 0 Å². The monoisotopic (exact) mass is 242 g/mol. The van der Waals surface area contributed by atoms with Gasteiger partial charge in [-0.05, 0) is 39.7 Å². The Hall–Kier alpha value is -0.770. The number of hydrogen-bond donors (Lipinski definition) is 1. The molecular formula is C13H26N2O2. The van der Waals surface area contributed by atoms with Gasteiger partial charge in [0.05, 0.1) is 0 Å². The number of alkyl carbamates (subject to hydrolysis) is 1. The Morgan fingerprint density at radius 2 is 2.06 bits per heavy atom. The summed E-state index contributed by atoms with van der Waals surface area (Å²) in [6.45, 7) is 13.1. The molecule has 0 aliphatic carbocycles. The Morgan fingerprint density at radius 3 is 2.59 bits per heavy atom. The molecule has 1 fully saturated rings. The molecule has 100 valence electrons. The second-order valence-electron chi connectivity index (χ2n) is 6.04. The smallest absolute Gasteiger partial charge is 0.407 e. The van der Waals surface area contributed by atoms with E-state index in [1.54, 1.807) is 0 Å². The highest BCUT2D eigenvalue weighted by Gasteiger charge is 2.26. The van der Waals surface area contributed by atoms with Crippen molar-refractivity contribution >= 4 is 6.09 Å². The highest BCUT2D eigenvalue weighted by Crippen LogP contribution is 2.16. The standard InChI is InChI=1S/C13H26N2O2/c1-6-15-8-10(2)7-11(9-15)14-12(16)17-13(3,4)5/h10-11H,6-9H2,1-5H3,(H,14,16). The number of nitrogens with one attached hydrogen (secondary N) is 1. The van der Waals surface area contributed by atoms with Crippen molar-refractivity contribution < 1.29 is 9.53 Å². The van der Waals surface area contributed by atoms with E-state index in [0.29, 0.717) is 5.92 Å². The normalized spacial score (nSPS) is 26.6. The van der Waals surface area contributed by atoms with Crippen molar-refractivity contribution in [3.63, 3.8) is 0 Å². The Labute approximate surface area is 105 Å². The van der Waals surface area contributed by atoms with Gasteiger partial charge in [0.15, 0.2) is 0 Å². The molecule has 0 aromatic carbocycles. The third-order valence-electron chi connectivity index (χ3n) is 2.90. The van der Waals surface area contributed by atoms with Crippen molar-refractivity contribution in [3.05, 3.63) is 0 Å². The number of carbonyl (C=O) groups is 1. The first kappa shape index (κ1) is 14.3. The fourth-order valence-corrected chi connectivity index (χ4v) is 2.30. The van der Waals surface area contributed by atoms with Gasteiger partial charge in [0.2, 0.25) is 0 Å². The van der Waals surface area contributed by atoms with Gasteiger partial charge < -0.3 is 15.0 Å². The van der Waals surface area contributed by atoms with Crippen LogP contribution in [-0.4, -0.2) is 42.3 Å². The van der Waals surface area contributed by atoms with E-state index in [-0.39, 0.29) is 12.1 Å². The number of carbonyl (C=O) groups excluding carboxylic acids is 1. The van der Waals surface area contributed by atoms with E-state index in [2.05, 4.69) is 24.1 Å². The molecular weight excluding hydrogens is 216 g/mol. The van der Waals surface area contributed by atoms with Crippen LogP contribution in [0, 0.1) is 5.92 Å². The third-order valence-corrected chi connectivity index (χ3v) is 2.90. The summed E-state index contributed by atoms with van der Waals surface area (Å²) in [5.74, 6) is 0.628. The Balaban J connectivity index is 2.42. The molecule has 0 bridgehead atoms. The van der Waals surface area contributed by atoms with E-state index >= 15 is 0 Å². The first-order chi connectivity index (χ1) is 7.80. The summed E-state index contributed by atoms with van der Waals surface area (Å²) in [6.07, 6.45) is 0.739. The first-order valence-corrected chi connectivity index (χ1v) is 6.52. The molecule has 0 aromatic rings. The molecule has 4 heteroatoms. The first-order valence-electron chi connectivity index (χ1n) is 6.52. The minimum absolute atomic E-state index is 0.216. The fraction of sp³-hybridized carbons (Fsp3) is 0.923. The van der Waals surface area contributed by atoms with Gasteiger partial charge in [0.1, 0.15) is 5.60 Å². The van der Waals surface area contributed by atoms with Gasteiger partial charge in [-0.15, -0.1) is 0 Å². The summed E-state index contributed by atoms with van der Waals surface area (Å²) in [5.41, 5.74) is -0.422. The lowest BCUT2D eigenvalue weighted by molar-refractivity contribution is 0.0456. The van der Waals surface area contributed by atoms with E-state index in [1.807, 2.05) is 20.8 Å². The zero-order chi connectivity index (χ0) is 13.1. The van der Waals surface area contributed by atoms with Gasteiger partial charge in [0.25, 0.3) is 0 Å². The van der Waals surface area contributed by atoms with Crippen molar-refractivity contribution in [1.29, 1.82) is 0 Å². The molecule has 0 aromatic heterocycles. The number of piperidine rings is 1. The van der Waals surface area contributed by atoms with Crippen LogP contribution < -0.4 is 5.32 Å². The van der Waals surface area contributed by atoms with Crippen LogP contribution in [-0.2, 0) is 4.74 Å². The predicted octanol–water partition coefficient (Wildman–Crippen LogP) is 2.24. The number of ether oxygens (including phenoxy) is 1. The number of likely N-dealkylation sites (N-methyl/N-ethyl adjacent to an activating group) is 1. The largest absolute Gasteiger partial charge is 0.444 e. The number of amides is 1. The van der Waals surface area contributed by atoms with Crippen LogP contribution in [0.4, 0.5) is 4.79 Å². The zero-order valence-corrected chi connectivity index (χ0v) is 11.7. The number of nitrogens with zero attached hydrogens (tertiary/aromatic N) is 1. The second kappa shape index (κ2) is 5.71. The molecule has 1 aliphatic heterocycles. The molecule has 1 saturated heterocycles. The van der Waals surface area contributed by atoms with Gasteiger partial charge in [0, 0.05) is 19.1 Å². The molecule has 1 N–H and O–H groups in total. The second-order valence-corrected chi connectivity index (χ2v) is 6.04.